The minimum atomic E-state index is -4.12. The van der Waals surface area contributed by atoms with Crippen LogP contribution in [0.5, 0.6) is 0 Å². The first kappa shape index (κ1) is 23.7. The molecule has 2 N–H and O–H groups in total. The first-order chi connectivity index (χ1) is 12.0. The average molecular weight is 494 g/mol. The van der Waals surface area contributed by atoms with Gasteiger partial charge in [0.05, 0.1) is 19.3 Å². The van der Waals surface area contributed by atoms with Crippen molar-refractivity contribution < 1.29 is 22.6 Å². The number of halogens is 4. The molecule has 0 bridgehead atoms. The van der Waals surface area contributed by atoms with Gasteiger partial charge in [-0.1, -0.05) is 0 Å². The molecule has 2 saturated heterocycles. The van der Waals surface area contributed by atoms with E-state index in [-0.39, 0.29) is 36.0 Å². The van der Waals surface area contributed by atoms with Crippen molar-refractivity contribution in [2.45, 2.75) is 31.5 Å². The van der Waals surface area contributed by atoms with E-state index in [9.17, 15) is 13.2 Å². The van der Waals surface area contributed by atoms with Crippen molar-refractivity contribution in [3.8, 4) is 0 Å². The van der Waals surface area contributed by atoms with Crippen LogP contribution in [0.3, 0.4) is 0 Å². The Morgan fingerprint density at radius 2 is 2.12 bits per heavy atom. The molecule has 0 amide bonds. The van der Waals surface area contributed by atoms with Gasteiger partial charge in [0.1, 0.15) is 0 Å². The first-order valence-corrected chi connectivity index (χ1v) is 8.89. The maximum atomic E-state index is 12.4. The molecule has 2 atom stereocenters. The molecule has 0 saturated carbocycles. The Bertz CT molecular complexity index is 421. The number of hydrogen-bond acceptors (Lipinski definition) is 4. The highest BCUT2D eigenvalue weighted by Gasteiger charge is 2.34. The predicted octanol–water partition coefficient (Wildman–Crippen LogP) is 1.85. The molecule has 0 aliphatic carbocycles. The van der Waals surface area contributed by atoms with Crippen LogP contribution in [-0.2, 0) is 9.47 Å². The summed E-state index contributed by atoms with van der Waals surface area (Å²) >= 11 is 0. The lowest BCUT2D eigenvalue weighted by molar-refractivity contribution is -0.143. The molecule has 0 spiro atoms. The summed E-state index contributed by atoms with van der Waals surface area (Å²) in [7, 11) is 1.69. The van der Waals surface area contributed by atoms with Crippen LogP contribution in [0.4, 0.5) is 13.2 Å². The molecule has 2 heterocycles. The van der Waals surface area contributed by atoms with Crippen molar-refractivity contribution in [1.82, 2.24) is 15.5 Å². The van der Waals surface area contributed by atoms with Crippen molar-refractivity contribution in [3.05, 3.63) is 0 Å². The summed E-state index contributed by atoms with van der Waals surface area (Å²) in [5.41, 5.74) is 0. The topological polar surface area (TPSA) is 58.1 Å². The number of rotatable bonds is 8. The molecule has 2 fully saturated rings. The Kier molecular flexibility index (Phi) is 11.1. The lowest BCUT2D eigenvalue weighted by Crippen LogP contribution is -2.41. The van der Waals surface area contributed by atoms with Crippen LogP contribution in [0.2, 0.25) is 0 Å². The van der Waals surface area contributed by atoms with Crippen molar-refractivity contribution in [2.75, 3.05) is 59.6 Å². The highest BCUT2D eigenvalue weighted by molar-refractivity contribution is 14.0. The van der Waals surface area contributed by atoms with Gasteiger partial charge in [0.2, 0.25) is 0 Å². The highest BCUT2D eigenvalue weighted by Crippen LogP contribution is 2.22. The van der Waals surface area contributed by atoms with E-state index in [1.54, 1.807) is 7.05 Å². The molecule has 154 valence electrons. The summed E-state index contributed by atoms with van der Waals surface area (Å²) in [6.45, 7) is 3.66. The SMILES string of the molecule is CN=C(NCCCOC1CCOC1)NCC1CCN(CC(F)(F)F)C1.I. The van der Waals surface area contributed by atoms with Gasteiger partial charge in [-0.3, -0.25) is 9.89 Å². The molecule has 0 radical (unpaired) electrons. The van der Waals surface area contributed by atoms with E-state index in [2.05, 4.69) is 15.6 Å². The van der Waals surface area contributed by atoms with Crippen molar-refractivity contribution in [1.29, 1.82) is 0 Å². The Morgan fingerprint density at radius 1 is 1.31 bits per heavy atom. The third-order valence-electron chi connectivity index (χ3n) is 4.41. The normalized spacial score (nSPS) is 24.5. The standard InChI is InChI=1S/C16H29F3N4O2.HI/c1-20-15(21-5-2-7-25-14-4-8-24-11-14)22-9-13-3-6-23(10-13)12-16(17,18)19;/h13-14H,2-12H2,1H3,(H2,20,21,22);1H. The second-order valence-corrected chi connectivity index (χ2v) is 6.59. The quantitative estimate of drug-likeness (QED) is 0.234. The molecular weight excluding hydrogens is 464 g/mol. The van der Waals surface area contributed by atoms with Gasteiger partial charge >= 0.3 is 6.18 Å². The second-order valence-electron chi connectivity index (χ2n) is 6.59. The fourth-order valence-corrected chi connectivity index (χ4v) is 3.11. The smallest absolute Gasteiger partial charge is 0.379 e. The van der Waals surface area contributed by atoms with E-state index in [1.807, 2.05) is 0 Å². The molecule has 2 aliphatic heterocycles. The Morgan fingerprint density at radius 3 is 2.77 bits per heavy atom. The molecule has 26 heavy (non-hydrogen) atoms. The molecule has 0 aromatic carbocycles. The maximum absolute atomic E-state index is 12.4. The van der Waals surface area contributed by atoms with Crippen LogP contribution in [0, 0.1) is 5.92 Å². The molecule has 2 aliphatic rings. The lowest BCUT2D eigenvalue weighted by Gasteiger charge is -2.18. The predicted molar refractivity (Wildman–Crippen MR) is 105 cm³/mol. The molecule has 0 aromatic rings. The van der Waals surface area contributed by atoms with Crippen LogP contribution in [0.1, 0.15) is 19.3 Å². The lowest BCUT2D eigenvalue weighted by atomic mass is 10.1. The molecule has 2 rings (SSSR count). The van der Waals surface area contributed by atoms with Gasteiger partial charge in [0.25, 0.3) is 0 Å². The maximum Gasteiger partial charge on any atom is 0.401 e. The minimum absolute atomic E-state index is 0. The van der Waals surface area contributed by atoms with E-state index in [1.165, 1.54) is 4.90 Å². The van der Waals surface area contributed by atoms with E-state index in [0.717, 1.165) is 32.4 Å². The Balaban J connectivity index is 0.00000338. The number of alkyl halides is 3. The van der Waals surface area contributed by atoms with E-state index < -0.39 is 12.7 Å². The molecule has 10 heteroatoms. The number of nitrogens with zero attached hydrogens (tertiary/aromatic N) is 2. The molecule has 2 unspecified atom stereocenters. The van der Waals surface area contributed by atoms with Crippen molar-refractivity contribution in [2.24, 2.45) is 10.9 Å². The number of aliphatic imine (C=N–C) groups is 1. The first-order valence-electron chi connectivity index (χ1n) is 8.89. The number of ether oxygens (including phenoxy) is 2. The summed E-state index contributed by atoms with van der Waals surface area (Å²) in [6.07, 6.45) is -1.30. The van der Waals surface area contributed by atoms with Crippen LogP contribution < -0.4 is 10.6 Å². The zero-order chi connectivity index (χ0) is 18.1. The largest absolute Gasteiger partial charge is 0.401 e. The van der Waals surface area contributed by atoms with Crippen molar-refractivity contribution >= 4 is 29.9 Å². The summed E-state index contributed by atoms with van der Waals surface area (Å²) in [6, 6.07) is 0. The molecule has 6 nitrogen and oxygen atoms in total. The zero-order valence-corrected chi connectivity index (χ0v) is 17.5. The van der Waals surface area contributed by atoms with Gasteiger partial charge in [-0.2, -0.15) is 13.2 Å². The number of nitrogens with one attached hydrogen (secondary N) is 2. The summed E-state index contributed by atoms with van der Waals surface area (Å²) in [4.78, 5) is 5.61. The number of likely N-dealkylation sites (tertiary alicyclic amines) is 1. The Hall–Kier alpha value is -0.330. The van der Waals surface area contributed by atoms with Crippen LogP contribution >= 0.6 is 24.0 Å². The van der Waals surface area contributed by atoms with E-state index in [4.69, 9.17) is 9.47 Å². The van der Waals surface area contributed by atoms with Crippen LogP contribution in [0.15, 0.2) is 4.99 Å². The number of guanidine groups is 1. The monoisotopic (exact) mass is 494 g/mol. The fraction of sp³-hybridized carbons (Fsp3) is 0.938. The summed E-state index contributed by atoms with van der Waals surface area (Å²) in [5.74, 6) is 0.894. The minimum Gasteiger partial charge on any atom is -0.379 e. The third kappa shape index (κ3) is 9.56. The van der Waals surface area contributed by atoms with E-state index >= 15 is 0 Å². The van der Waals surface area contributed by atoms with Crippen LogP contribution in [0.25, 0.3) is 0 Å². The Labute approximate surface area is 170 Å². The third-order valence-corrected chi connectivity index (χ3v) is 4.41. The zero-order valence-electron chi connectivity index (χ0n) is 15.2. The summed E-state index contributed by atoms with van der Waals surface area (Å²) in [5, 5.41) is 6.40. The van der Waals surface area contributed by atoms with E-state index in [0.29, 0.717) is 38.8 Å². The number of hydrogen-bond donors (Lipinski definition) is 2. The van der Waals surface area contributed by atoms with Gasteiger partial charge in [-0.25, -0.2) is 0 Å². The van der Waals surface area contributed by atoms with Gasteiger partial charge < -0.3 is 20.1 Å². The van der Waals surface area contributed by atoms with Gasteiger partial charge in [-0.05, 0) is 31.7 Å². The molecular formula is C16H30F3IN4O2. The van der Waals surface area contributed by atoms with Crippen molar-refractivity contribution in [3.63, 3.8) is 0 Å². The highest BCUT2D eigenvalue weighted by atomic mass is 127. The van der Waals surface area contributed by atoms with Gasteiger partial charge in [0.15, 0.2) is 5.96 Å². The second kappa shape index (κ2) is 12.2. The van der Waals surface area contributed by atoms with Crippen LogP contribution in [-0.4, -0.2) is 82.7 Å². The van der Waals surface area contributed by atoms with Gasteiger partial charge in [0, 0.05) is 39.9 Å². The van der Waals surface area contributed by atoms with Gasteiger partial charge in [-0.15, -0.1) is 24.0 Å². The molecule has 0 aromatic heterocycles. The summed E-state index contributed by atoms with van der Waals surface area (Å²) < 4.78 is 48.1. The fourth-order valence-electron chi connectivity index (χ4n) is 3.11. The average Bonchev–Trinajstić information content (AvgIpc) is 3.20.